The minimum atomic E-state index is -0.788. The third-order valence-corrected chi connectivity index (χ3v) is 4.56. The van der Waals surface area contributed by atoms with Gasteiger partial charge in [-0.1, -0.05) is 42.5 Å². The number of ether oxygens (including phenoxy) is 1. The lowest BCUT2D eigenvalue weighted by atomic mass is 10.1. The lowest BCUT2D eigenvalue weighted by Gasteiger charge is -2.15. The van der Waals surface area contributed by atoms with Crippen molar-refractivity contribution >= 4 is 45.7 Å². The Bertz CT molecular complexity index is 1150. The zero-order valence-corrected chi connectivity index (χ0v) is 15.3. The second-order valence-corrected chi connectivity index (χ2v) is 6.51. The molecule has 1 aliphatic heterocycles. The highest BCUT2D eigenvalue weighted by molar-refractivity contribution is 6.52. The summed E-state index contributed by atoms with van der Waals surface area (Å²) in [5.41, 5.74) is 1.19. The Balaban J connectivity index is 1.34. The number of hydrogen-bond acceptors (Lipinski definition) is 5. The Morgan fingerprint density at radius 1 is 0.897 bits per heavy atom. The van der Waals surface area contributed by atoms with E-state index in [1.165, 1.54) is 6.07 Å². The van der Waals surface area contributed by atoms with E-state index in [0.29, 0.717) is 11.4 Å². The Morgan fingerprint density at radius 3 is 2.45 bits per heavy atom. The molecule has 0 atom stereocenters. The van der Waals surface area contributed by atoms with Crippen molar-refractivity contribution in [1.82, 2.24) is 0 Å². The molecular formula is C22H16N2O5. The molecule has 7 nitrogen and oxygen atoms in total. The van der Waals surface area contributed by atoms with Crippen molar-refractivity contribution in [2.75, 3.05) is 23.4 Å². The Hall–Kier alpha value is -4.00. The molecule has 0 fully saturated rings. The molecule has 0 saturated heterocycles. The molecule has 1 aliphatic rings. The number of amides is 2. The summed E-state index contributed by atoms with van der Waals surface area (Å²) in [6.45, 7) is -0.936. The van der Waals surface area contributed by atoms with Crippen LogP contribution in [0.1, 0.15) is 10.4 Å². The van der Waals surface area contributed by atoms with Crippen LogP contribution in [-0.4, -0.2) is 36.7 Å². The van der Waals surface area contributed by atoms with Crippen molar-refractivity contribution < 1.29 is 23.9 Å². The zero-order valence-electron chi connectivity index (χ0n) is 15.3. The van der Waals surface area contributed by atoms with Crippen LogP contribution in [0.5, 0.6) is 0 Å². The van der Waals surface area contributed by atoms with Crippen molar-refractivity contribution in [2.24, 2.45) is 0 Å². The molecular weight excluding hydrogens is 372 g/mol. The highest BCUT2D eigenvalue weighted by atomic mass is 16.5. The van der Waals surface area contributed by atoms with Crippen LogP contribution in [-0.2, 0) is 19.1 Å². The Kier molecular flexibility index (Phi) is 4.78. The number of anilines is 2. The molecule has 0 radical (unpaired) electrons. The fraction of sp³-hybridized carbons (Fsp3) is 0.0909. The number of esters is 1. The summed E-state index contributed by atoms with van der Waals surface area (Å²) >= 11 is 0. The van der Waals surface area contributed by atoms with Crippen molar-refractivity contribution in [1.29, 1.82) is 0 Å². The van der Waals surface area contributed by atoms with Crippen molar-refractivity contribution in [3.63, 3.8) is 0 Å². The van der Waals surface area contributed by atoms with Crippen LogP contribution in [0.15, 0.2) is 66.7 Å². The summed E-state index contributed by atoms with van der Waals surface area (Å²) in [6, 6.07) is 19.6. The van der Waals surface area contributed by atoms with Gasteiger partial charge in [0.1, 0.15) is 6.54 Å². The molecule has 1 N–H and O–H groups in total. The number of fused-ring (bicyclic) bond motifs is 2. The highest BCUT2D eigenvalue weighted by Gasteiger charge is 2.36. The smallest absolute Gasteiger partial charge is 0.326 e. The quantitative estimate of drug-likeness (QED) is 0.536. The maximum Gasteiger partial charge on any atom is 0.326 e. The minimum Gasteiger partial charge on any atom is -0.454 e. The number of nitrogens with zero attached hydrogens (tertiary/aromatic N) is 1. The van der Waals surface area contributed by atoms with E-state index in [0.717, 1.165) is 15.7 Å². The van der Waals surface area contributed by atoms with E-state index in [9.17, 15) is 19.2 Å². The molecule has 0 saturated carbocycles. The molecule has 4 rings (SSSR count). The predicted molar refractivity (Wildman–Crippen MR) is 107 cm³/mol. The highest BCUT2D eigenvalue weighted by Crippen LogP contribution is 2.28. The van der Waals surface area contributed by atoms with Gasteiger partial charge >= 0.3 is 5.97 Å². The fourth-order valence-electron chi connectivity index (χ4n) is 3.19. The van der Waals surface area contributed by atoms with Crippen LogP contribution < -0.4 is 10.2 Å². The van der Waals surface area contributed by atoms with E-state index < -0.39 is 36.7 Å². The number of carbonyl (C=O) groups excluding carboxylic acids is 4. The van der Waals surface area contributed by atoms with Crippen molar-refractivity contribution in [3.05, 3.63) is 72.3 Å². The van der Waals surface area contributed by atoms with Crippen molar-refractivity contribution in [2.45, 2.75) is 0 Å². The van der Waals surface area contributed by atoms with Gasteiger partial charge in [0, 0.05) is 5.69 Å². The number of nitrogens with one attached hydrogen (secondary N) is 1. The molecule has 7 heteroatoms. The van der Waals surface area contributed by atoms with Gasteiger partial charge in [-0.25, -0.2) is 0 Å². The minimum absolute atomic E-state index is 0.249. The first-order valence-corrected chi connectivity index (χ1v) is 8.92. The average Bonchev–Trinajstić information content (AvgIpc) is 2.97. The molecule has 0 spiro atoms. The van der Waals surface area contributed by atoms with E-state index in [-0.39, 0.29) is 5.56 Å². The van der Waals surface area contributed by atoms with Gasteiger partial charge in [0.15, 0.2) is 6.61 Å². The van der Waals surface area contributed by atoms with E-state index in [2.05, 4.69) is 5.32 Å². The topological polar surface area (TPSA) is 92.8 Å². The maximum atomic E-state index is 12.1. The molecule has 3 aromatic carbocycles. The summed E-state index contributed by atoms with van der Waals surface area (Å²) in [4.78, 5) is 49.2. The van der Waals surface area contributed by atoms with Gasteiger partial charge in [0.25, 0.3) is 17.6 Å². The number of carbonyl (C=O) groups is 4. The monoisotopic (exact) mass is 388 g/mol. The first-order chi connectivity index (χ1) is 14.0. The van der Waals surface area contributed by atoms with Gasteiger partial charge < -0.3 is 10.1 Å². The van der Waals surface area contributed by atoms with E-state index in [4.69, 9.17) is 4.74 Å². The number of ketones is 1. The Morgan fingerprint density at radius 2 is 1.62 bits per heavy atom. The van der Waals surface area contributed by atoms with Gasteiger partial charge in [-0.05, 0) is 35.0 Å². The maximum absolute atomic E-state index is 12.1. The summed E-state index contributed by atoms with van der Waals surface area (Å²) in [7, 11) is 0. The molecule has 0 unspecified atom stereocenters. The SMILES string of the molecule is O=C(COC(=O)CN1C(=O)C(=O)c2ccccc21)Nc1ccc2ccccc2c1. The first-order valence-electron chi connectivity index (χ1n) is 8.92. The van der Waals surface area contributed by atoms with Gasteiger partial charge in [-0.2, -0.15) is 0 Å². The molecule has 144 valence electrons. The number of para-hydroxylation sites is 1. The molecule has 3 aromatic rings. The molecule has 29 heavy (non-hydrogen) atoms. The molecule has 0 aromatic heterocycles. The van der Waals surface area contributed by atoms with Crippen LogP contribution in [0, 0.1) is 0 Å². The average molecular weight is 388 g/mol. The van der Waals surface area contributed by atoms with E-state index in [1.807, 2.05) is 36.4 Å². The number of benzene rings is 3. The third kappa shape index (κ3) is 3.70. The van der Waals surface area contributed by atoms with E-state index in [1.54, 1.807) is 24.3 Å². The summed E-state index contributed by atoms with van der Waals surface area (Å²) in [5, 5.41) is 4.68. The van der Waals surface area contributed by atoms with Crippen LogP contribution >= 0.6 is 0 Å². The lowest BCUT2D eigenvalue weighted by Crippen LogP contribution is -2.36. The number of Topliss-reactive ketones (excluding diaryl/α,β-unsaturated/α-hetero) is 1. The van der Waals surface area contributed by atoms with Crippen molar-refractivity contribution in [3.8, 4) is 0 Å². The van der Waals surface area contributed by atoms with Gasteiger partial charge in [-0.15, -0.1) is 0 Å². The predicted octanol–water partition coefficient (Wildman–Crippen LogP) is 2.55. The van der Waals surface area contributed by atoms with Crippen LogP contribution in [0.3, 0.4) is 0 Å². The second kappa shape index (κ2) is 7.55. The Labute approximate surface area is 165 Å². The van der Waals surface area contributed by atoms with Crippen LogP contribution in [0.2, 0.25) is 0 Å². The largest absolute Gasteiger partial charge is 0.454 e. The van der Waals surface area contributed by atoms with Crippen LogP contribution in [0.4, 0.5) is 11.4 Å². The normalized spacial score (nSPS) is 12.8. The van der Waals surface area contributed by atoms with Gasteiger partial charge in [-0.3, -0.25) is 24.1 Å². The summed E-state index contributed by atoms with van der Waals surface area (Å²) < 4.78 is 4.97. The molecule has 2 amide bonds. The fourth-order valence-corrected chi connectivity index (χ4v) is 3.19. The lowest BCUT2D eigenvalue weighted by molar-refractivity contribution is -0.146. The second-order valence-electron chi connectivity index (χ2n) is 6.51. The molecule has 1 heterocycles. The van der Waals surface area contributed by atoms with Crippen LogP contribution in [0.25, 0.3) is 10.8 Å². The van der Waals surface area contributed by atoms with E-state index >= 15 is 0 Å². The standard InChI is InChI=1S/C22H16N2O5/c25-19(23-16-10-9-14-5-1-2-6-15(14)11-16)13-29-20(26)12-24-18-8-4-3-7-17(18)21(27)22(24)28/h1-11H,12-13H2,(H,23,25). The number of hydrogen-bond donors (Lipinski definition) is 1. The zero-order chi connectivity index (χ0) is 20.4. The molecule has 0 aliphatic carbocycles. The van der Waals surface area contributed by atoms with Gasteiger partial charge in [0.2, 0.25) is 0 Å². The summed E-state index contributed by atoms with van der Waals surface area (Å²) in [6.07, 6.45) is 0. The van der Waals surface area contributed by atoms with Gasteiger partial charge in [0.05, 0.1) is 11.3 Å². The third-order valence-electron chi connectivity index (χ3n) is 4.56. The summed E-state index contributed by atoms with van der Waals surface area (Å²) in [5.74, 6) is -2.74. The molecule has 0 bridgehead atoms. The number of rotatable bonds is 5. The first kappa shape index (κ1) is 18.4.